The number of hydrogen-bond donors (Lipinski definition) is 1. The van der Waals surface area contributed by atoms with E-state index < -0.39 is 5.97 Å². The third-order valence-corrected chi connectivity index (χ3v) is 7.20. The van der Waals surface area contributed by atoms with Crippen LogP contribution in [0.2, 0.25) is 5.02 Å². The average Bonchev–Trinajstić information content (AvgIpc) is 3.48. The number of rotatable bonds is 10. The molecule has 2 aromatic carbocycles. The summed E-state index contributed by atoms with van der Waals surface area (Å²) in [5, 5.41) is 14.8. The number of nitrogens with zero attached hydrogens (tertiary/aromatic N) is 2. The minimum Gasteiger partial charge on any atom is -0.494 e. The molecule has 182 valence electrons. The maximum atomic E-state index is 12.0. The summed E-state index contributed by atoms with van der Waals surface area (Å²) in [5.74, 6) is -0.168. The number of aryl methyl sites for hydroxylation is 4. The molecule has 5 nitrogen and oxygen atoms in total. The van der Waals surface area contributed by atoms with E-state index in [1.807, 2.05) is 38.2 Å². The lowest BCUT2D eigenvalue weighted by molar-refractivity contribution is 0.0684. The lowest BCUT2D eigenvalue weighted by Gasteiger charge is -2.24. The predicted octanol–water partition coefficient (Wildman–Crippen LogP) is 7.63. The third-order valence-electron chi connectivity index (χ3n) is 5.87. The lowest BCUT2D eigenvalue weighted by Crippen LogP contribution is -2.15. The molecule has 0 aliphatic heterocycles. The highest BCUT2D eigenvalue weighted by Crippen LogP contribution is 2.31. The highest BCUT2D eigenvalue weighted by molar-refractivity contribution is 7.07. The lowest BCUT2D eigenvalue weighted by atomic mass is 10.1. The fraction of sp³-hybridized carbons (Fsp3) is 0.250. The van der Waals surface area contributed by atoms with Gasteiger partial charge in [0.05, 0.1) is 12.3 Å². The van der Waals surface area contributed by atoms with Gasteiger partial charge >= 0.3 is 5.97 Å². The van der Waals surface area contributed by atoms with Crippen molar-refractivity contribution in [1.82, 2.24) is 4.57 Å². The molecule has 2 heterocycles. The molecule has 0 amide bonds. The van der Waals surface area contributed by atoms with E-state index >= 15 is 0 Å². The Morgan fingerprint density at radius 1 is 1.09 bits per heavy atom. The minimum absolute atomic E-state index is 0.265. The van der Waals surface area contributed by atoms with Crippen molar-refractivity contribution >= 4 is 40.3 Å². The van der Waals surface area contributed by atoms with Crippen LogP contribution in [0, 0.1) is 20.8 Å². The van der Waals surface area contributed by atoms with E-state index in [4.69, 9.17) is 16.3 Å². The van der Waals surface area contributed by atoms with Gasteiger partial charge in [0.2, 0.25) is 0 Å². The zero-order chi connectivity index (χ0) is 24.9. The van der Waals surface area contributed by atoms with Crippen LogP contribution in [-0.2, 0) is 13.1 Å². The van der Waals surface area contributed by atoms with E-state index in [1.165, 1.54) is 5.56 Å². The number of ether oxygens (including phenoxy) is 1. The van der Waals surface area contributed by atoms with Crippen LogP contribution in [0.5, 0.6) is 5.75 Å². The number of thiophene rings is 1. The van der Waals surface area contributed by atoms with Gasteiger partial charge in [0.25, 0.3) is 0 Å². The molecule has 2 aromatic heterocycles. The molecule has 0 atom stereocenters. The van der Waals surface area contributed by atoms with Crippen molar-refractivity contribution in [3.63, 3.8) is 0 Å². The smallest absolute Gasteiger partial charge is 0.352 e. The number of carboxylic acids is 1. The fourth-order valence-corrected chi connectivity index (χ4v) is 4.88. The Morgan fingerprint density at radius 3 is 2.51 bits per heavy atom. The van der Waals surface area contributed by atoms with Gasteiger partial charge in [0, 0.05) is 30.0 Å². The van der Waals surface area contributed by atoms with Gasteiger partial charge < -0.3 is 19.3 Å². The van der Waals surface area contributed by atoms with Crippen molar-refractivity contribution in [2.75, 3.05) is 11.5 Å². The molecule has 0 aliphatic carbocycles. The zero-order valence-electron chi connectivity index (χ0n) is 20.1. The molecule has 1 N–H and O–H groups in total. The number of benzene rings is 2. The van der Waals surface area contributed by atoms with Gasteiger partial charge in [0.15, 0.2) is 0 Å². The fourth-order valence-electron chi connectivity index (χ4n) is 4.11. The third kappa shape index (κ3) is 6.08. The summed E-state index contributed by atoms with van der Waals surface area (Å²) in [6, 6.07) is 16.0. The molecule has 0 saturated heterocycles. The summed E-state index contributed by atoms with van der Waals surface area (Å²) in [6.45, 7) is 7.65. The summed E-state index contributed by atoms with van der Waals surface area (Å²) < 4.78 is 7.72. The molecule has 7 heteroatoms. The van der Waals surface area contributed by atoms with Crippen LogP contribution in [0.15, 0.2) is 65.5 Å². The monoisotopic (exact) mass is 508 g/mol. The van der Waals surface area contributed by atoms with E-state index in [0.29, 0.717) is 26.1 Å². The Hall–Kier alpha value is -3.22. The maximum absolute atomic E-state index is 12.0. The zero-order valence-corrected chi connectivity index (χ0v) is 21.7. The first kappa shape index (κ1) is 24.9. The number of anilines is 2. The minimum atomic E-state index is -0.944. The van der Waals surface area contributed by atoms with Gasteiger partial charge in [-0.05, 0) is 96.6 Å². The molecule has 4 aromatic rings. The van der Waals surface area contributed by atoms with Gasteiger partial charge in [-0.15, -0.1) is 0 Å². The topological polar surface area (TPSA) is 54.7 Å². The second-order valence-electron chi connectivity index (χ2n) is 8.71. The Labute approximate surface area is 215 Å². The predicted molar refractivity (Wildman–Crippen MR) is 144 cm³/mol. The van der Waals surface area contributed by atoms with E-state index in [1.54, 1.807) is 22.0 Å². The number of carbonyl (C=O) groups is 1. The first-order valence-electron chi connectivity index (χ1n) is 11.5. The first-order valence-corrected chi connectivity index (χ1v) is 12.8. The molecule has 0 radical (unpaired) electrons. The number of carboxylic acid groups (broad SMARTS) is 1. The molecule has 0 unspecified atom stereocenters. The SMILES string of the molecule is Cc1cccc(N(Cc2ccsc2)c2cc(C(=O)O)n(CCCOc3cc(C)c(Cl)c(C)c3)c2)c1. The molecule has 0 aliphatic rings. The van der Waals surface area contributed by atoms with Crippen molar-refractivity contribution in [1.29, 1.82) is 0 Å². The van der Waals surface area contributed by atoms with Gasteiger partial charge in [-0.1, -0.05) is 23.7 Å². The number of hydrogen-bond acceptors (Lipinski definition) is 4. The summed E-state index contributed by atoms with van der Waals surface area (Å²) >= 11 is 7.90. The average molecular weight is 509 g/mol. The van der Waals surface area contributed by atoms with Crippen molar-refractivity contribution in [3.05, 3.63) is 98.5 Å². The van der Waals surface area contributed by atoms with Crippen LogP contribution in [0.4, 0.5) is 11.4 Å². The Morgan fingerprint density at radius 2 is 1.86 bits per heavy atom. The summed E-state index contributed by atoms with van der Waals surface area (Å²) in [7, 11) is 0. The quantitative estimate of drug-likeness (QED) is 0.224. The van der Waals surface area contributed by atoms with Crippen molar-refractivity contribution in [3.8, 4) is 5.75 Å². The van der Waals surface area contributed by atoms with Gasteiger partial charge in [-0.3, -0.25) is 0 Å². The standard InChI is InChI=1S/C28H29ClN2O3S/c1-19-6-4-7-23(12-19)31(16-22-8-11-35-18-22)24-15-26(28(32)33)30(17-24)9-5-10-34-25-13-20(2)27(29)21(3)14-25/h4,6-8,11-15,17-18H,5,9-10,16H2,1-3H3,(H,32,33). The summed E-state index contributed by atoms with van der Waals surface area (Å²) in [4.78, 5) is 14.2. The number of aromatic carboxylic acids is 1. The molecule has 0 fully saturated rings. The first-order chi connectivity index (χ1) is 16.8. The van der Waals surface area contributed by atoms with E-state index in [-0.39, 0.29) is 5.69 Å². The summed E-state index contributed by atoms with van der Waals surface area (Å²) in [6.07, 6.45) is 2.60. The van der Waals surface area contributed by atoms with Gasteiger partial charge in [-0.2, -0.15) is 11.3 Å². The second-order valence-corrected chi connectivity index (χ2v) is 9.87. The van der Waals surface area contributed by atoms with E-state index in [2.05, 4.69) is 46.8 Å². The Balaban J connectivity index is 1.52. The normalized spacial score (nSPS) is 11.0. The molecular formula is C28H29ClN2O3S. The van der Waals surface area contributed by atoms with Crippen molar-refractivity contribution < 1.29 is 14.6 Å². The second kappa shape index (κ2) is 11.0. The molecule has 0 saturated carbocycles. The molecular weight excluding hydrogens is 480 g/mol. The van der Waals surface area contributed by atoms with Crippen LogP contribution < -0.4 is 9.64 Å². The number of aromatic nitrogens is 1. The van der Waals surface area contributed by atoms with Crippen molar-refractivity contribution in [2.45, 2.75) is 40.3 Å². The Kier molecular flexibility index (Phi) is 7.83. The number of halogens is 1. The Bertz CT molecular complexity index is 1290. The van der Waals surface area contributed by atoms with E-state index in [9.17, 15) is 9.90 Å². The van der Waals surface area contributed by atoms with E-state index in [0.717, 1.165) is 38.8 Å². The highest BCUT2D eigenvalue weighted by Gasteiger charge is 2.18. The van der Waals surface area contributed by atoms with Crippen LogP contribution in [-0.4, -0.2) is 22.2 Å². The molecule has 35 heavy (non-hydrogen) atoms. The van der Waals surface area contributed by atoms with Gasteiger partial charge in [0.1, 0.15) is 11.4 Å². The highest BCUT2D eigenvalue weighted by atomic mass is 35.5. The van der Waals surface area contributed by atoms with Gasteiger partial charge in [-0.25, -0.2) is 4.79 Å². The van der Waals surface area contributed by atoms with Crippen LogP contribution in [0.25, 0.3) is 0 Å². The molecule has 0 bridgehead atoms. The van der Waals surface area contributed by atoms with Crippen LogP contribution in [0.1, 0.15) is 39.2 Å². The van der Waals surface area contributed by atoms with Crippen molar-refractivity contribution in [2.24, 2.45) is 0 Å². The molecule has 0 spiro atoms. The maximum Gasteiger partial charge on any atom is 0.352 e. The summed E-state index contributed by atoms with van der Waals surface area (Å²) in [5.41, 5.74) is 6.44. The molecule has 4 rings (SSSR count). The largest absolute Gasteiger partial charge is 0.494 e. The van der Waals surface area contributed by atoms with Crippen LogP contribution >= 0.6 is 22.9 Å². The van der Waals surface area contributed by atoms with Crippen LogP contribution in [0.3, 0.4) is 0 Å².